The topological polar surface area (TPSA) is 64.9 Å². The van der Waals surface area contributed by atoms with Gasteiger partial charge in [0.25, 0.3) is 0 Å². The van der Waals surface area contributed by atoms with Crippen LogP contribution in [0.2, 0.25) is 0 Å². The number of aromatic nitrogens is 1. The van der Waals surface area contributed by atoms with E-state index in [2.05, 4.69) is 17.1 Å². The molecule has 16 heavy (non-hydrogen) atoms. The SMILES string of the molecule is Cc1cnc(N)c(C2=CC(N)CCCC2)c1. The first-order chi connectivity index (χ1) is 7.66. The first-order valence-electron chi connectivity index (χ1n) is 5.85. The largest absolute Gasteiger partial charge is 0.383 e. The minimum Gasteiger partial charge on any atom is -0.383 e. The highest BCUT2D eigenvalue weighted by Gasteiger charge is 2.12. The molecule has 1 atom stereocenters. The lowest BCUT2D eigenvalue weighted by atomic mass is 10.0. The highest BCUT2D eigenvalue weighted by molar-refractivity contribution is 5.74. The zero-order valence-electron chi connectivity index (χ0n) is 9.74. The van der Waals surface area contributed by atoms with Crippen molar-refractivity contribution in [2.45, 2.75) is 38.6 Å². The molecule has 1 unspecified atom stereocenters. The second kappa shape index (κ2) is 4.66. The molecule has 1 aromatic heterocycles. The van der Waals surface area contributed by atoms with Crippen molar-refractivity contribution >= 4 is 11.4 Å². The van der Waals surface area contributed by atoms with Gasteiger partial charge < -0.3 is 11.5 Å². The number of pyridine rings is 1. The lowest BCUT2D eigenvalue weighted by molar-refractivity contribution is 0.658. The maximum atomic E-state index is 6.01. The van der Waals surface area contributed by atoms with Gasteiger partial charge in [0.2, 0.25) is 0 Å². The van der Waals surface area contributed by atoms with Crippen molar-refractivity contribution in [1.82, 2.24) is 4.98 Å². The number of rotatable bonds is 1. The van der Waals surface area contributed by atoms with Crippen LogP contribution in [-0.2, 0) is 0 Å². The first-order valence-corrected chi connectivity index (χ1v) is 5.85. The van der Waals surface area contributed by atoms with E-state index < -0.39 is 0 Å². The number of anilines is 1. The minimum absolute atomic E-state index is 0.164. The molecule has 0 saturated carbocycles. The van der Waals surface area contributed by atoms with Crippen LogP contribution in [0.15, 0.2) is 18.3 Å². The Bertz CT molecular complexity index is 410. The van der Waals surface area contributed by atoms with Crippen LogP contribution in [0.4, 0.5) is 5.82 Å². The van der Waals surface area contributed by atoms with E-state index in [1.54, 1.807) is 6.20 Å². The molecule has 1 aromatic rings. The molecule has 1 aliphatic rings. The van der Waals surface area contributed by atoms with Crippen molar-refractivity contribution in [1.29, 1.82) is 0 Å². The van der Waals surface area contributed by atoms with Crippen molar-refractivity contribution in [2.75, 3.05) is 5.73 Å². The number of nitrogens with two attached hydrogens (primary N) is 2. The highest BCUT2D eigenvalue weighted by Crippen LogP contribution is 2.28. The quantitative estimate of drug-likeness (QED) is 0.758. The van der Waals surface area contributed by atoms with Crippen molar-refractivity contribution in [2.24, 2.45) is 5.73 Å². The van der Waals surface area contributed by atoms with Crippen molar-refractivity contribution in [3.8, 4) is 0 Å². The fourth-order valence-corrected chi connectivity index (χ4v) is 2.18. The Balaban J connectivity index is 2.38. The Labute approximate surface area is 96.6 Å². The van der Waals surface area contributed by atoms with Gasteiger partial charge in [-0.15, -0.1) is 0 Å². The molecule has 0 saturated heterocycles. The molecule has 1 aliphatic carbocycles. The van der Waals surface area contributed by atoms with E-state index in [1.807, 2.05) is 6.92 Å². The Hall–Kier alpha value is -1.35. The van der Waals surface area contributed by atoms with Crippen LogP contribution in [0.5, 0.6) is 0 Å². The van der Waals surface area contributed by atoms with E-state index in [-0.39, 0.29) is 6.04 Å². The predicted octanol–water partition coefficient (Wildman–Crippen LogP) is 2.26. The molecule has 0 spiro atoms. The van der Waals surface area contributed by atoms with Crippen molar-refractivity contribution in [3.63, 3.8) is 0 Å². The smallest absolute Gasteiger partial charge is 0.130 e. The summed E-state index contributed by atoms with van der Waals surface area (Å²) < 4.78 is 0. The summed E-state index contributed by atoms with van der Waals surface area (Å²) in [5, 5.41) is 0. The van der Waals surface area contributed by atoms with Gasteiger partial charge in [0.05, 0.1) is 0 Å². The lowest BCUT2D eigenvalue weighted by Crippen LogP contribution is -2.15. The van der Waals surface area contributed by atoms with E-state index in [0.29, 0.717) is 5.82 Å². The van der Waals surface area contributed by atoms with Gasteiger partial charge >= 0.3 is 0 Å². The summed E-state index contributed by atoms with van der Waals surface area (Å²) >= 11 is 0. The maximum absolute atomic E-state index is 6.01. The highest BCUT2D eigenvalue weighted by atomic mass is 14.8. The molecule has 4 N–H and O–H groups in total. The van der Waals surface area contributed by atoms with E-state index >= 15 is 0 Å². The first kappa shape index (κ1) is 11.1. The Morgan fingerprint density at radius 3 is 3.00 bits per heavy atom. The predicted molar refractivity (Wildman–Crippen MR) is 67.8 cm³/mol. The molecule has 0 bridgehead atoms. The second-order valence-electron chi connectivity index (χ2n) is 4.55. The number of hydrogen-bond donors (Lipinski definition) is 2. The van der Waals surface area contributed by atoms with E-state index in [0.717, 1.165) is 24.0 Å². The lowest BCUT2D eigenvalue weighted by Gasteiger charge is -2.10. The molecule has 0 aliphatic heterocycles. The van der Waals surface area contributed by atoms with Gasteiger partial charge in [-0.2, -0.15) is 0 Å². The Kier molecular flexibility index (Phi) is 3.25. The average molecular weight is 217 g/mol. The van der Waals surface area contributed by atoms with Gasteiger partial charge in [-0.25, -0.2) is 4.98 Å². The normalized spacial score (nSPS) is 21.4. The van der Waals surface area contributed by atoms with Gasteiger partial charge in [-0.05, 0) is 43.4 Å². The minimum atomic E-state index is 0.164. The summed E-state index contributed by atoms with van der Waals surface area (Å²) in [7, 11) is 0. The molecule has 86 valence electrons. The molecular weight excluding hydrogens is 198 g/mol. The van der Waals surface area contributed by atoms with Crippen LogP contribution in [0, 0.1) is 6.92 Å². The third kappa shape index (κ3) is 2.42. The van der Waals surface area contributed by atoms with Crippen molar-refractivity contribution in [3.05, 3.63) is 29.5 Å². The number of hydrogen-bond acceptors (Lipinski definition) is 3. The molecule has 0 fully saturated rings. The van der Waals surface area contributed by atoms with Crippen LogP contribution in [0.25, 0.3) is 5.57 Å². The Morgan fingerprint density at radius 2 is 2.19 bits per heavy atom. The summed E-state index contributed by atoms with van der Waals surface area (Å²) in [6.07, 6.45) is 8.47. The van der Waals surface area contributed by atoms with Crippen LogP contribution >= 0.6 is 0 Å². The molecule has 2 rings (SSSR count). The molecule has 3 heteroatoms. The molecule has 3 nitrogen and oxygen atoms in total. The summed E-state index contributed by atoms with van der Waals surface area (Å²) in [6, 6.07) is 2.27. The number of aryl methyl sites for hydroxylation is 1. The number of nitrogens with zero attached hydrogens (tertiary/aromatic N) is 1. The second-order valence-corrected chi connectivity index (χ2v) is 4.55. The molecular formula is C13H19N3. The monoisotopic (exact) mass is 217 g/mol. The summed E-state index contributed by atoms with van der Waals surface area (Å²) in [6.45, 7) is 2.03. The van der Waals surface area contributed by atoms with E-state index in [4.69, 9.17) is 11.5 Å². The fraction of sp³-hybridized carbons (Fsp3) is 0.462. The standard InChI is InChI=1S/C13H19N3/c1-9-6-12(13(15)16-8-9)10-4-2-3-5-11(14)7-10/h6-8,11H,2-5,14H2,1H3,(H2,15,16). The van der Waals surface area contributed by atoms with E-state index in [1.165, 1.54) is 18.4 Å². The number of allylic oxidation sites excluding steroid dienone is 1. The third-order valence-corrected chi connectivity index (χ3v) is 3.05. The van der Waals surface area contributed by atoms with Crippen LogP contribution in [-0.4, -0.2) is 11.0 Å². The summed E-state index contributed by atoms with van der Waals surface area (Å²) in [4.78, 5) is 4.21. The molecule has 1 heterocycles. The van der Waals surface area contributed by atoms with Gasteiger partial charge in [0.1, 0.15) is 5.82 Å². The molecule has 0 aromatic carbocycles. The zero-order chi connectivity index (χ0) is 11.5. The van der Waals surface area contributed by atoms with Gasteiger partial charge in [0.15, 0.2) is 0 Å². The third-order valence-electron chi connectivity index (χ3n) is 3.05. The zero-order valence-corrected chi connectivity index (χ0v) is 9.74. The van der Waals surface area contributed by atoms with E-state index in [9.17, 15) is 0 Å². The Morgan fingerprint density at radius 1 is 1.38 bits per heavy atom. The van der Waals surface area contributed by atoms with Crippen molar-refractivity contribution < 1.29 is 0 Å². The molecule has 0 amide bonds. The number of nitrogen functional groups attached to an aromatic ring is 1. The van der Waals surface area contributed by atoms with Crippen LogP contribution in [0.3, 0.4) is 0 Å². The van der Waals surface area contributed by atoms with Gasteiger partial charge in [0, 0.05) is 17.8 Å². The van der Waals surface area contributed by atoms with Crippen LogP contribution < -0.4 is 11.5 Å². The van der Waals surface area contributed by atoms with Gasteiger partial charge in [-0.1, -0.05) is 12.5 Å². The summed E-state index contributed by atoms with van der Waals surface area (Å²) in [5.74, 6) is 0.617. The maximum Gasteiger partial charge on any atom is 0.130 e. The van der Waals surface area contributed by atoms with Gasteiger partial charge in [-0.3, -0.25) is 0 Å². The average Bonchev–Trinajstić information content (AvgIpc) is 2.46. The molecule has 0 radical (unpaired) electrons. The summed E-state index contributed by atoms with van der Waals surface area (Å²) in [5.41, 5.74) is 15.4. The fourth-order valence-electron chi connectivity index (χ4n) is 2.18. The van der Waals surface area contributed by atoms with Crippen LogP contribution in [0.1, 0.15) is 36.8 Å².